The molecule has 1 unspecified atom stereocenters. The first-order valence-electron chi connectivity index (χ1n) is 29.8. The molecule has 4 nitrogen and oxygen atoms in total. The lowest BCUT2D eigenvalue weighted by molar-refractivity contribution is 0.102. The van der Waals surface area contributed by atoms with Crippen molar-refractivity contribution in [2.45, 2.75) is 57.3 Å². The molecule has 0 aliphatic heterocycles. The Hall–Kier alpha value is -10.3. The number of Topliss-reactive ketones (excluding diaryl/α,β-unsaturated/α-hetero) is 1. The molecule has 1 N–H and O–H groups in total. The molecule has 17 rings (SSSR count). The molecule has 406 valence electrons. The summed E-state index contributed by atoms with van der Waals surface area (Å²) in [6.07, 6.45) is 21.5. The smallest absolute Gasteiger partial charge is 0.189 e. The topological polar surface area (TPSA) is 54.9 Å². The van der Waals surface area contributed by atoms with Crippen molar-refractivity contribution in [3.63, 3.8) is 0 Å². The van der Waals surface area contributed by atoms with Gasteiger partial charge in [0, 0.05) is 55.3 Å². The van der Waals surface area contributed by atoms with E-state index in [1.807, 2.05) is 32.1 Å². The summed E-state index contributed by atoms with van der Waals surface area (Å²) < 4.78 is 2.44. The van der Waals surface area contributed by atoms with E-state index >= 15 is 4.79 Å². The Morgan fingerprint density at radius 1 is 0.576 bits per heavy atom. The van der Waals surface area contributed by atoms with Gasteiger partial charge in [0.2, 0.25) is 0 Å². The number of nitrogens with zero attached hydrogens (tertiary/aromatic N) is 1. The Kier molecular flexibility index (Phi) is 12.1. The van der Waals surface area contributed by atoms with E-state index in [0.29, 0.717) is 17.5 Å². The molecule has 2 heterocycles. The first kappa shape index (κ1) is 51.5. The summed E-state index contributed by atoms with van der Waals surface area (Å²) in [4.78, 5) is 32.3. The minimum Gasteiger partial charge on any atom is -0.355 e. The van der Waals surface area contributed by atoms with Gasteiger partial charge in [0.25, 0.3) is 0 Å². The molecule has 6 aliphatic rings. The molecule has 4 heteroatoms. The maximum Gasteiger partial charge on any atom is 0.189 e. The largest absolute Gasteiger partial charge is 0.355 e. The summed E-state index contributed by atoms with van der Waals surface area (Å²) >= 11 is 0. The number of hydrogen-bond donors (Lipinski definition) is 1. The van der Waals surface area contributed by atoms with E-state index in [0.717, 1.165) is 86.2 Å². The third-order valence-corrected chi connectivity index (χ3v) is 19.0. The van der Waals surface area contributed by atoms with Crippen LogP contribution in [0.4, 0.5) is 0 Å². The van der Waals surface area contributed by atoms with Gasteiger partial charge in [-0.05, 0) is 194 Å². The molecule has 0 amide bonds. The lowest BCUT2D eigenvalue weighted by atomic mass is 9.67. The van der Waals surface area contributed by atoms with Gasteiger partial charge < -0.3 is 9.55 Å². The molecule has 6 aliphatic carbocycles. The predicted molar refractivity (Wildman–Crippen MR) is 351 cm³/mol. The third-order valence-electron chi connectivity index (χ3n) is 19.0. The highest BCUT2D eigenvalue weighted by molar-refractivity contribution is 6.12. The standard InChI is InChI=1S/C67H45NO2.C12H9N.C2H6/c1-4-6-17-45-40(3)66(61-39-44(31-35-49(45)61)68-62-26-15-10-21-53(62)54-22-11-16-27-63(54)68)55-23-12-7-20-48(55)50-33-29-42(37-58(50)66)65(70)43-30-34-52-51-32-28-41(64(69)5-2)36-59(51)67(60(52)38-43)56-24-13-8-18-46(56)47-19-9-14-25-57(47)67;1-3-7-11-9(5-1)10-6-2-4-8-12(10)13-11;1-2/h1,5-10,12-21,23-28,30-32,34-39H,2,11,22,29,33H2,3H3;1-8,13H;1-2H3/b17-6-;;. The number of aromatic nitrogens is 2. The molecule has 1 atom stereocenters. The van der Waals surface area contributed by atoms with Crippen LogP contribution in [0.25, 0.3) is 77.9 Å². The zero-order chi connectivity index (χ0) is 57.7. The number of terminal acetylenes is 1. The van der Waals surface area contributed by atoms with Crippen LogP contribution in [0.3, 0.4) is 0 Å². The molecule has 2 aromatic heterocycles. The summed E-state index contributed by atoms with van der Waals surface area (Å²) in [7, 11) is 0. The molecule has 0 radical (unpaired) electrons. The highest BCUT2D eigenvalue weighted by atomic mass is 16.1. The number of benzene rings is 9. The average molecular weight is 1090 g/mol. The number of para-hydroxylation sites is 3. The maximum absolute atomic E-state index is 15.6. The minimum atomic E-state index is -0.727. The van der Waals surface area contributed by atoms with E-state index in [1.165, 1.54) is 83.5 Å². The SMILES string of the molecule is C#C/C=C\C1=C(C)C2(C3=C(CCC(C(=O)c4ccc5c(c4)C4(c6ccccc6-c6ccccc64)c4cc(C(=O)C=C)ccc4-5)=C3)c3ccccc32)c2cc(-n3c4c(c5ccccc53)CCC=C4)ccc21.CC.c1ccc2c(c1)[nH]c1ccccc12. The number of aromatic amines is 1. The Bertz CT molecular complexity index is 4850. The second-order valence-electron chi connectivity index (χ2n) is 22.8. The van der Waals surface area contributed by atoms with Crippen LogP contribution in [-0.4, -0.2) is 21.1 Å². The molecule has 0 saturated heterocycles. The van der Waals surface area contributed by atoms with Gasteiger partial charge in [0.05, 0.1) is 16.3 Å². The van der Waals surface area contributed by atoms with Crippen LogP contribution in [0.15, 0.2) is 254 Å². The summed E-state index contributed by atoms with van der Waals surface area (Å²) in [6, 6.07) is 71.0. The van der Waals surface area contributed by atoms with Crippen LogP contribution in [0.5, 0.6) is 0 Å². The van der Waals surface area contributed by atoms with Gasteiger partial charge in [0.1, 0.15) is 0 Å². The van der Waals surface area contributed by atoms with Gasteiger partial charge in [-0.15, -0.1) is 6.42 Å². The normalized spacial score (nSPS) is 16.6. The number of ketones is 2. The van der Waals surface area contributed by atoms with Crippen LogP contribution in [-0.2, 0) is 17.3 Å². The van der Waals surface area contributed by atoms with Crippen molar-refractivity contribution in [2.24, 2.45) is 0 Å². The lowest BCUT2D eigenvalue weighted by Gasteiger charge is -2.34. The third kappa shape index (κ3) is 7.23. The van der Waals surface area contributed by atoms with Gasteiger partial charge in [0.15, 0.2) is 11.6 Å². The lowest BCUT2D eigenvalue weighted by Crippen LogP contribution is -2.28. The number of allylic oxidation sites excluding steroid dienone is 10. The number of hydrogen-bond acceptors (Lipinski definition) is 2. The zero-order valence-corrected chi connectivity index (χ0v) is 47.9. The van der Waals surface area contributed by atoms with Gasteiger partial charge in [-0.25, -0.2) is 0 Å². The second kappa shape index (κ2) is 19.9. The van der Waals surface area contributed by atoms with E-state index in [9.17, 15) is 4.79 Å². The van der Waals surface area contributed by atoms with Crippen LogP contribution in [0.2, 0.25) is 0 Å². The molecular weight excluding hydrogens is 1030 g/mol. The number of carbonyl (C=O) groups is 2. The maximum atomic E-state index is 15.6. The molecule has 85 heavy (non-hydrogen) atoms. The van der Waals surface area contributed by atoms with Crippen molar-refractivity contribution in [2.75, 3.05) is 0 Å². The summed E-state index contributed by atoms with van der Waals surface area (Å²) in [6.45, 7) is 10.1. The number of carbonyl (C=O) groups excluding carboxylic acids is 2. The van der Waals surface area contributed by atoms with Gasteiger partial charge in [-0.1, -0.05) is 196 Å². The van der Waals surface area contributed by atoms with Crippen molar-refractivity contribution in [3.05, 3.63) is 321 Å². The summed E-state index contributed by atoms with van der Waals surface area (Å²) in [5, 5.41) is 3.91. The molecule has 0 fully saturated rings. The fourth-order valence-corrected chi connectivity index (χ4v) is 15.6. The highest BCUT2D eigenvalue weighted by Gasteiger charge is 2.54. The second-order valence-corrected chi connectivity index (χ2v) is 22.8. The number of nitrogens with one attached hydrogen (secondary N) is 1. The number of aryl methyl sites for hydroxylation is 1. The van der Waals surface area contributed by atoms with E-state index in [1.54, 1.807) is 0 Å². The van der Waals surface area contributed by atoms with E-state index in [-0.39, 0.29) is 11.6 Å². The number of fused-ring (bicyclic) bond motifs is 22. The summed E-state index contributed by atoms with van der Waals surface area (Å²) in [5.74, 6) is 2.69. The van der Waals surface area contributed by atoms with Crippen LogP contribution >= 0.6 is 0 Å². The van der Waals surface area contributed by atoms with Gasteiger partial charge in [-0.2, -0.15) is 0 Å². The molecule has 9 aromatic carbocycles. The van der Waals surface area contributed by atoms with Crippen molar-refractivity contribution < 1.29 is 9.59 Å². The predicted octanol–water partition coefficient (Wildman–Crippen LogP) is 19.3. The van der Waals surface area contributed by atoms with Crippen molar-refractivity contribution >= 4 is 61.5 Å². The molecule has 11 aromatic rings. The molecule has 2 spiro atoms. The van der Waals surface area contributed by atoms with Crippen molar-refractivity contribution in [3.8, 4) is 40.3 Å². The van der Waals surface area contributed by atoms with Crippen LogP contribution in [0, 0.1) is 12.3 Å². The van der Waals surface area contributed by atoms with E-state index in [4.69, 9.17) is 6.42 Å². The fraction of sp³-hybridized carbons (Fsp3) is 0.111. The summed E-state index contributed by atoms with van der Waals surface area (Å²) in [5.41, 5.74) is 26.6. The monoisotopic (exact) mass is 1090 g/mol. The Labute approximate surface area is 496 Å². The Morgan fingerprint density at radius 2 is 1.13 bits per heavy atom. The molecule has 0 bridgehead atoms. The van der Waals surface area contributed by atoms with Crippen LogP contribution < -0.4 is 0 Å². The molecular formula is C81H60N2O2. The first-order chi connectivity index (χ1) is 41.8. The minimum absolute atomic E-state index is 0.0342. The van der Waals surface area contributed by atoms with Crippen molar-refractivity contribution in [1.82, 2.24) is 9.55 Å². The average Bonchev–Trinajstić information content (AvgIpc) is 1.67. The van der Waals surface area contributed by atoms with Crippen LogP contribution in [0.1, 0.15) is 117 Å². The Balaban J connectivity index is 0.000000356. The fourth-order valence-electron chi connectivity index (χ4n) is 15.6. The van der Waals surface area contributed by atoms with Gasteiger partial charge >= 0.3 is 0 Å². The Morgan fingerprint density at radius 3 is 1.80 bits per heavy atom. The quantitative estimate of drug-likeness (QED) is 0.102. The highest BCUT2D eigenvalue weighted by Crippen LogP contribution is 2.65. The van der Waals surface area contributed by atoms with E-state index in [2.05, 4.69) is 241 Å². The van der Waals surface area contributed by atoms with Crippen molar-refractivity contribution in [1.29, 1.82) is 0 Å². The number of rotatable bonds is 6. The van der Waals surface area contributed by atoms with Gasteiger partial charge in [-0.3, -0.25) is 9.59 Å². The molecule has 0 saturated carbocycles. The first-order valence-corrected chi connectivity index (χ1v) is 29.8. The number of H-pyrrole nitrogens is 1. The van der Waals surface area contributed by atoms with E-state index < -0.39 is 10.8 Å². The zero-order valence-electron chi connectivity index (χ0n) is 47.9.